The van der Waals surface area contributed by atoms with Gasteiger partial charge in [-0.1, -0.05) is 114 Å². The van der Waals surface area contributed by atoms with Gasteiger partial charge in [0.25, 0.3) is 0 Å². The Balaban J connectivity index is 3.18. The van der Waals surface area contributed by atoms with Crippen molar-refractivity contribution in [1.82, 2.24) is 0 Å². The molecule has 0 radical (unpaired) electrons. The molecule has 0 fully saturated rings. The molecule has 1 N–H and O–H groups in total. The van der Waals surface area contributed by atoms with E-state index in [4.69, 9.17) is 5.11 Å². The quantitative estimate of drug-likeness (QED) is 0.173. The van der Waals surface area contributed by atoms with E-state index in [1.54, 1.807) is 6.08 Å². The van der Waals surface area contributed by atoms with Crippen LogP contribution in [0.3, 0.4) is 0 Å². The van der Waals surface area contributed by atoms with Gasteiger partial charge in [0.05, 0.1) is 0 Å². The predicted molar refractivity (Wildman–Crippen MR) is 105 cm³/mol. The lowest BCUT2D eigenvalue weighted by Crippen LogP contribution is -1.84. The number of rotatable bonds is 17. The highest BCUT2D eigenvalue weighted by Crippen LogP contribution is 2.12. The molecule has 138 valence electrons. The number of carboxylic acids is 1. The van der Waals surface area contributed by atoms with Gasteiger partial charge in [-0.15, -0.1) is 0 Å². The van der Waals surface area contributed by atoms with Crippen molar-refractivity contribution in [2.75, 3.05) is 0 Å². The van der Waals surface area contributed by atoms with Crippen LogP contribution in [-0.2, 0) is 4.79 Å². The van der Waals surface area contributed by atoms with Crippen molar-refractivity contribution in [1.29, 1.82) is 0 Å². The Morgan fingerprint density at radius 3 is 1.62 bits per heavy atom. The molecular formula is C22H38O2. The molecule has 0 aliphatic carbocycles. The van der Waals surface area contributed by atoms with Crippen LogP contribution >= 0.6 is 0 Å². The highest BCUT2D eigenvalue weighted by Gasteiger charge is 1.93. The summed E-state index contributed by atoms with van der Waals surface area (Å²) in [6.07, 6.45) is 29.6. The summed E-state index contributed by atoms with van der Waals surface area (Å²) in [6.45, 7) is 2.27. The number of hydrogen-bond donors (Lipinski definition) is 1. The summed E-state index contributed by atoms with van der Waals surface area (Å²) in [4.78, 5) is 10.2. The molecule has 0 spiro atoms. The van der Waals surface area contributed by atoms with Gasteiger partial charge in [0.15, 0.2) is 0 Å². The molecule has 0 saturated heterocycles. The Kier molecular flexibility index (Phi) is 18.7. The highest BCUT2D eigenvalue weighted by atomic mass is 16.4. The van der Waals surface area contributed by atoms with Crippen molar-refractivity contribution >= 4 is 5.97 Å². The molecule has 0 saturated carbocycles. The van der Waals surface area contributed by atoms with Crippen LogP contribution < -0.4 is 0 Å². The van der Waals surface area contributed by atoms with Gasteiger partial charge in [0.1, 0.15) is 0 Å². The second kappa shape index (κ2) is 19.7. The molecule has 0 atom stereocenters. The number of hydrogen-bond acceptors (Lipinski definition) is 1. The number of unbranched alkanes of at least 4 members (excludes halogenated alkanes) is 13. The number of aliphatic carboxylic acids is 1. The fourth-order valence-corrected chi connectivity index (χ4v) is 2.72. The van der Waals surface area contributed by atoms with E-state index in [9.17, 15) is 4.79 Å². The van der Waals surface area contributed by atoms with Gasteiger partial charge in [0, 0.05) is 6.08 Å². The molecule has 0 heterocycles. The van der Waals surface area contributed by atoms with E-state index in [1.165, 1.54) is 89.5 Å². The average molecular weight is 335 g/mol. The van der Waals surface area contributed by atoms with Crippen LogP contribution in [0.1, 0.15) is 96.8 Å². The van der Waals surface area contributed by atoms with Crippen LogP contribution in [-0.4, -0.2) is 11.1 Å². The van der Waals surface area contributed by atoms with Crippen LogP contribution in [0, 0.1) is 0 Å². The first-order valence-electron chi connectivity index (χ1n) is 10.00. The van der Waals surface area contributed by atoms with Gasteiger partial charge in [0.2, 0.25) is 0 Å². The maximum atomic E-state index is 10.2. The summed E-state index contributed by atoms with van der Waals surface area (Å²) < 4.78 is 0. The van der Waals surface area contributed by atoms with Gasteiger partial charge >= 0.3 is 5.97 Å². The molecular weight excluding hydrogens is 296 g/mol. The maximum Gasteiger partial charge on any atom is 0.328 e. The first kappa shape index (κ1) is 22.7. The third-order valence-electron chi connectivity index (χ3n) is 4.18. The summed E-state index contributed by atoms with van der Waals surface area (Å²) in [5.74, 6) is -0.907. The normalized spacial score (nSPS) is 12.0. The van der Waals surface area contributed by atoms with Crippen molar-refractivity contribution in [3.8, 4) is 0 Å². The van der Waals surface area contributed by atoms with Crippen molar-refractivity contribution in [3.63, 3.8) is 0 Å². The van der Waals surface area contributed by atoms with Crippen LogP contribution in [0.5, 0.6) is 0 Å². The summed E-state index contributed by atoms with van der Waals surface area (Å²) in [5, 5.41) is 8.42. The Morgan fingerprint density at radius 2 is 1.12 bits per heavy atom. The third kappa shape index (κ3) is 20.7. The first-order valence-corrected chi connectivity index (χ1v) is 10.00. The van der Waals surface area contributed by atoms with Crippen LogP contribution in [0.15, 0.2) is 36.5 Å². The fourth-order valence-electron chi connectivity index (χ4n) is 2.72. The van der Waals surface area contributed by atoms with Crippen LogP contribution in [0.2, 0.25) is 0 Å². The monoisotopic (exact) mass is 334 g/mol. The highest BCUT2D eigenvalue weighted by molar-refractivity contribution is 5.80. The SMILES string of the molecule is CCCCCCCCCCCCCCC/C=C/C=C/C=C\C(=O)O. The molecule has 0 aromatic carbocycles. The van der Waals surface area contributed by atoms with E-state index in [0.29, 0.717) is 0 Å². The lowest BCUT2D eigenvalue weighted by atomic mass is 10.0. The number of allylic oxidation sites excluding steroid dienone is 5. The molecule has 2 nitrogen and oxygen atoms in total. The Labute approximate surface area is 149 Å². The van der Waals surface area contributed by atoms with Gasteiger partial charge in [-0.05, 0) is 12.8 Å². The molecule has 0 aromatic rings. The van der Waals surface area contributed by atoms with E-state index < -0.39 is 5.97 Å². The molecule has 0 rings (SSSR count). The van der Waals surface area contributed by atoms with E-state index in [2.05, 4.69) is 13.0 Å². The van der Waals surface area contributed by atoms with Crippen LogP contribution in [0.25, 0.3) is 0 Å². The largest absolute Gasteiger partial charge is 0.478 e. The van der Waals surface area contributed by atoms with E-state index in [0.717, 1.165) is 12.5 Å². The second-order valence-electron chi connectivity index (χ2n) is 6.54. The lowest BCUT2D eigenvalue weighted by molar-refractivity contribution is -0.131. The number of carboxylic acid groups (broad SMARTS) is 1. The molecule has 0 amide bonds. The summed E-state index contributed by atoms with van der Waals surface area (Å²) in [6, 6.07) is 0. The van der Waals surface area contributed by atoms with Gasteiger partial charge in [-0.3, -0.25) is 0 Å². The topological polar surface area (TPSA) is 37.3 Å². The average Bonchev–Trinajstić information content (AvgIpc) is 2.56. The summed E-state index contributed by atoms with van der Waals surface area (Å²) in [7, 11) is 0. The van der Waals surface area contributed by atoms with Crippen molar-refractivity contribution in [2.45, 2.75) is 96.8 Å². The fraction of sp³-hybridized carbons (Fsp3) is 0.682. The molecule has 24 heavy (non-hydrogen) atoms. The van der Waals surface area contributed by atoms with Gasteiger partial charge in [-0.2, -0.15) is 0 Å². The van der Waals surface area contributed by atoms with E-state index in [-0.39, 0.29) is 0 Å². The smallest absolute Gasteiger partial charge is 0.328 e. The minimum atomic E-state index is -0.907. The maximum absolute atomic E-state index is 10.2. The Morgan fingerprint density at radius 1 is 0.667 bits per heavy atom. The standard InChI is InChI=1S/C22H38O2/c1-2-3-4-5-6-7-8-9-10-11-12-13-14-15-16-17-18-19-20-21-22(23)24/h16-21H,2-15H2,1H3,(H,23,24)/b17-16+,19-18+,21-20-. The number of carbonyl (C=O) groups is 1. The van der Waals surface area contributed by atoms with Gasteiger partial charge in [-0.25, -0.2) is 4.79 Å². The molecule has 0 aliphatic rings. The zero-order valence-electron chi connectivity index (χ0n) is 15.7. The minimum Gasteiger partial charge on any atom is -0.478 e. The van der Waals surface area contributed by atoms with Crippen LogP contribution in [0.4, 0.5) is 0 Å². The Bertz CT molecular complexity index is 353. The van der Waals surface area contributed by atoms with Crippen molar-refractivity contribution in [2.24, 2.45) is 0 Å². The third-order valence-corrected chi connectivity index (χ3v) is 4.18. The first-order chi connectivity index (χ1) is 11.8. The van der Waals surface area contributed by atoms with E-state index in [1.807, 2.05) is 12.2 Å². The minimum absolute atomic E-state index is 0.907. The Hall–Kier alpha value is -1.31. The molecule has 0 bridgehead atoms. The summed E-state index contributed by atoms with van der Waals surface area (Å²) >= 11 is 0. The zero-order valence-corrected chi connectivity index (χ0v) is 15.7. The van der Waals surface area contributed by atoms with E-state index >= 15 is 0 Å². The van der Waals surface area contributed by atoms with Gasteiger partial charge < -0.3 is 5.11 Å². The predicted octanol–water partition coefficient (Wildman–Crippen LogP) is 7.22. The molecule has 0 aliphatic heterocycles. The van der Waals surface area contributed by atoms with Crippen molar-refractivity contribution in [3.05, 3.63) is 36.5 Å². The van der Waals surface area contributed by atoms with Crippen molar-refractivity contribution < 1.29 is 9.90 Å². The molecule has 0 aromatic heterocycles. The molecule has 2 heteroatoms. The second-order valence-corrected chi connectivity index (χ2v) is 6.54. The lowest BCUT2D eigenvalue weighted by Gasteiger charge is -2.02. The summed E-state index contributed by atoms with van der Waals surface area (Å²) in [5.41, 5.74) is 0. The zero-order chi connectivity index (χ0) is 17.7. The molecule has 0 unspecified atom stereocenters.